The molecule has 3 rings (SSSR count). The third kappa shape index (κ3) is 2.38. The van der Waals surface area contributed by atoms with E-state index in [0.717, 1.165) is 12.4 Å². The SMILES string of the molecule is C1CC(NCc2nnnn2C2CC2)CCS1. The zero-order valence-corrected chi connectivity index (χ0v) is 10.1. The first-order valence-corrected chi connectivity index (χ1v) is 7.17. The highest BCUT2D eigenvalue weighted by Crippen LogP contribution is 2.34. The van der Waals surface area contributed by atoms with E-state index in [0.29, 0.717) is 12.1 Å². The van der Waals surface area contributed by atoms with Crippen LogP contribution in [-0.4, -0.2) is 37.8 Å². The number of hydrogen-bond donors (Lipinski definition) is 1. The Balaban J connectivity index is 1.54. The minimum atomic E-state index is 0.578. The lowest BCUT2D eigenvalue weighted by Gasteiger charge is -2.22. The number of thioether (sulfide) groups is 1. The summed E-state index contributed by atoms with van der Waals surface area (Å²) in [4.78, 5) is 0. The maximum atomic E-state index is 4.10. The lowest BCUT2D eigenvalue weighted by Crippen LogP contribution is -2.33. The van der Waals surface area contributed by atoms with Crippen molar-refractivity contribution in [2.24, 2.45) is 0 Å². The first kappa shape index (κ1) is 10.5. The molecule has 88 valence electrons. The van der Waals surface area contributed by atoms with Crippen molar-refractivity contribution < 1.29 is 0 Å². The lowest BCUT2D eigenvalue weighted by molar-refractivity contribution is 0.459. The lowest BCUT2D eigenvalue weighted by atomic mass is 10.1. The largest absolute Gasteiger partial charge is 0.307 e. The van der Waals surface area contributed by atoms with E-state index in [4.69, 9.17) is 0 Å². The topological polar surface area (TPSA) is 55.6 Å². The molecule has 1 aromatic rings. The van der Waals surface area contributed by atoms with E-state index in [1.165, 1.54) is 37.2 Å². The molecule has 16 heavy (non-hydrogen) atoms. The molecule has 2 fully saturated rings. The summed E-state index contributed by atoms with van der Waals surface area (Å²) in [6.07, 6.45) is 5.02. The standard InChI is InChI=1S/C10H17N5S/c1-2-9(1)15-10(12-13-14-15)7-11-8-3-5-16-6-4-8/h8-9,11H,1-7H2. The Labute approximate surface area is 99.4 Å². The molecule has 0 amide bonds. The monoisotopic (exact) mass is 239 g/mol. The smallest absolute Gasteiger partial charge is 0.165 e. The van der Waals surface area contributed by atoms with Gasteiger partial charge in [-0.05, 0) is 47.6 Å². The Hall–Kier alpha value is -0.620. The van der Waals surface area contributed by atoms with Gasteiger partial charge in [0.2, 0.25) is 0 Å². The van der Waals surface area contributed by atoms with E-state index in [9.17, 15) is 0 Å². The third-order valence-corrected chi connectivity index (χ3v) is 4.27. The van der Waals surface area contributed by atoms with Gasteiger partial charge in [-0.25, -0.2) is 4.68 Å². The van der Waals surface area contributed by atoms with Crippen molar-refractivity contribution in [3.63, 3.8) is 0 Å². The zero-order valence-electron chi connectivity index (χ0n) is 9.30. The summed E-state index contributed by atoms with van der Waals surface area (Å²) in [6, 6.07) is 1.24. The number of nitrogens with one attached hydrogen (secondary N) is 1. The molecule has 0 atom stereocenters. The molecule has 0 spiro atoms. The molecule has 0 bridgehead atoms. The second-order valence-electron chi connectivity index (χ2n) is 4.54. The minimum absolute atomic E-state index is 0.578. The van der Waals surface area contributed by atoms with Crippen LogP contribution in [0.2, 0.25) is 0 Å². The highest BCUT2D eigenvalue weighted by atomic mass is 32.2. The van der Waals surface area contributed by atoms with Gasteiger partial charge in [-0.15, -0.1) is 5.10 Å². The fraction of sp³-hybridized carbons (Fsp3) is 0.900. The van der Waals surface area contributed by atoms with Crippen LogP contribution in [0.3, 0.4) is 0 Å². The highest BCUT2D eigenvalue weighted by molar-refractivity contribution is 7.99. The van der Waals surface area contributed by atoms with E-state index in [1.54, 1.807) is 0 Å². The van der Waals surface area contributed by atoms with Gasteiger partial charge in [0.05, 0.1) is 12.6 Å². The van der Waals surface area contributed by atoms with Crippen LogP contribution in [0, 0.1) is 0 Å². The molecular formula is C10H17N5S. The van der Waals surface area contributed by atoms with Gasteiger partial charge in [0.25, 0.3) is 0 Å². The molecule has 0 aromatic carbocycles. The molecule has 5 nitrogen and oxygen atoms in total. The van der Waals surface area contributed by atoms with E-state index in [-0.39, 0.29) is 0 Å². The van der Waals surface area contributed by atoms with Crippen molar-refractivity contribution in [2.75, 3.05) is 11.5 Å². The second kappa shape index (κ2) is 4.71. The van der Waals surface area contributed by atoms with Gasteiger partial charge in [-0.1, -0.05) is 0 Å². The van der Waals surface area contributed by atoms with Gasteiger partial charge in [0.15, 0.2) is 5.82 Å². The Morgan fingerprint density at radius 2 is 2.06 bits per heavy atom. The Bertz CT molecular complexity index is 343. The summed E-state index contributed by atoms with van der Waals surface area (Å²) in [5.41, 5.74) is 0. The van der Waals surface area contributed by atoms with Gasteiger partial charge in [0.1, 0.15) is 0 Å². The first-order valence-electron chi connectivity index (χ1n) is 6.01. The van der Waals surface area contributed by atoms with Crippen LogP contribution in [0.25, 0.3) is 0 Å². The molecule has 1 saturated carbocycles. The molecular weight excluding hydrogens is 222 g/mol. The summed E-state index contributed by atoms with van der Waals surface area (Å²) in [5.74, 6) is 3.57. The van der Waals surface area contributed by atoms with Crippen LogP contribution in [0.1, 0.15) is 37.5 Å². The van der Waals surface area contributed by atoms with Gasteiger partial charge in [0, 0.05) is 6.04 Å². The van der Waals surface area contributed by atoms with E-state index in [2.05, 4.69) is 32.6 Å². The summed E-state index contributed by atoms with van der Waals surface area (Å²) >= 11 is 2.05. The zero-order chi connectivity index (χ0) is 10.8. The molecule has 6 heteroatoms. The predicted molar refractivity (Wildman–Crippen MR) is 63.3 cm³/mol. The average molecular weight is 239 g/mol. The maximum Gasteiger partial charge on any atom is 0.165 e. The predicted octanol–water partition coefficient (Wildman–Crippen LogP) is 0.993. The maximum absolute atomic E-state index is 4.10. The van der Waals surface area contributed by atoms with E-state index >= 15 is 0 Å². The van der Waals surface area contributed by atoms with Gasteiger partial charge >= 0.3 is 0 Å². The highest BCUT2D eigenvalue weighted by Gasteiger charge is 2.27. The minimum Gasteiger partial charge on any atom is -0.307 e. The van der Waals surface area contributed by atoms with Crippen molar-refractivity contribution in [3.8, 4) is 0 Å². The molecule has 0 unspecified atom stereocenters. The molecule has 1 N–H and O–H groups in total. The Morgan fingerprint density at radius 3 is 2.81 bits per heavy atom. The number of nitrogens with zero attached hydrogens (tertiary/aromatic N) is 4. The van der Waals surface area contributed by atoms with E-state index < -0.39 is 0 Å². The van der Waals surface area contributed by atoms with Crippen molar-refractivity contribution in [3.05, 3.63) is 5.82 Å². The van der Waals surface area contributed by atoms with Gasteiger partial charge in [-0.2, -0.15) is 11.8 Å². The number of aromatic nitrogens is 4. The van der Waals surface area contributed by atoms with Crippen molar-refractivity contribution >= 4 is 11.8 Å². The fourth-order valence-electron chi connectivity index (χ4n) is 2.07. The number of hydrogen-bond acceptors (Lipinski definition) is 5. The van der Waals surface area contributed by atoms with Crippen LogP contribution < -0.4 is 5.32 Å². The van der Waals surface area contributed by atoms with Crippen molar-refractivity contribution in [1.82, 2.24) is 25.5 Å². The van der Waals surface area contributed by atoms with Crippen LogP contribution in [0.4, 0.5) is 0 Å². The van der Waals surface area contributed by atoms with E-state index in [1.807, 2.05) is 4.68 Å². The first-order chi connectivity index (χ1) is 7.93. The van der Waals surface area contributed by atoms with Crippen LogP contribution in [0.5, 0.6) is 0 Å². The molecule has 1 saturated heterocycles. The molecule has 2 heterocycles. The van der Waals surface area contributed by atoms with Gasteiger partial charge < -0.3 is 5.32 Å². The fourth-order valence-corrected chi connectivity index (χ4v) is 3.18. The second-order valence-corrected chi connectivity index (χ2v) is 5.76. The molecule has 1 aromatic heterocycles. The van der Waals surface area contributed by atoms with Crippen molar-refractivity contribution in [2.45, 2.75) is 44.3 Å². The summed E-state index contributed by atoms with van der Waals surface area (Å²) in [6.45, 7) is 0.818. The van der Waals surface area contributed by atoms with Gasteiger partial charge in [-0.3, -0.25) is 0 Å². The summed E-state index contributed by atoms with van der Waals surface area (Å²) in [5, 5.41) is 15.5. The molecule has 1 aliphatic carbocycles. The normalized spacial score (nSPS) is 22.5. The average Bonchev–Trinajstić information content (AvgIpc) is 3.07. The van der Waals surface area contributed by atoms with Crippen molar-refractivity contribution in [1.29, 1.82) is 0 Å². The number of rotatable bonds is 4. The quantitative estimate of drug-likeness (QED) is 0.849. The van der Waals surface area contributed by atoms with Crippen LogP contribution >= 0.6 is 11.8 Å². The third-order valence-electron chi connectivity index (χ3n) is 3.22. The van der Waals surface area contributed by atoms with Crippen LogP contribution in [-0.2, 0) is 6.54 Å². The van der Waals surface area contributed by atoms with Crippen LogP contribution in [0.15, 0.2) is 0 Å². The Kier molecular flexibility index (Phi) is 3.10. The molecule has 2 aliphatic rings. The summed E-state index contributed by atoms with van der Waals surface area (Å²) < 4.78 is 1.99. The molecule has 1 aliphatic heterocycles. The molecule has 0 radical (unpaired) electrons. The Morgan fingerprint density at radius 1 is 1.25 bits per heavy atom. The number of tetrazole rings is 1. The summed E-state index contributed by atoms with van der Waals surface area (Å²) in [7, 11) is 0.